The molecule has 3 rings (SSSR count). The van der Waals surface area contributed by atoms with Crippen LogP contribution in [-0.4, -0.2) is 26.3 Å². The van der Waals surface area contributed by atoms with E-state index in [0.29, 0.717) is 12.3 Å². The smallest absolute Gasteiger partial charge is 0.341 e. The van der Waals surface area contributed by atoms with Crippen molar-refractivity contribution in [3.8, 4) is 17.4 Å². The summed E-state index contributed by atoms with van der Waals surface area (Å²) in [7, 11) is 0. The summed E-state index contributed by atoms with van der Waals surface area (Å²) in [6, 6.07) is 11.9. The number of nitrogens with zero attached hydrogens (tertiary/aromatic N) is 4. The number of rotatable bonds is 5. The van der Waals surface area contributed by atoms with E-state index in [9.17, 15) is 0 Å². The first kappa shape index (κ1) is 13.3. The van der Waals surface area contributed by atoms with Gasteiger partial charge in [-0.25, -0.2) is 4.68 Å². The van der Waals surface area contributed by atoms with E-state index in [2.05, 4.69) is 15.1 Å². The maximum absolute atomic E-state index is 5.62. The molecule has 21 heavy (non-hydrogen) atoms. The van der Waals surface area contributed by atoms with Gasteiger partial charge >= 0.3 is 6.01 Å². The quantitative estimate of drug-likeness (QED) is 0.773. The van der Waals surface area contributed by atoms with Gasteiger partial charge in [-0.1, -0.05) is 18.2 Å². The predicted molar refractivity (Wildman–Crippen MR) is 78.4 cm³/mol. The molecule has 1 aromatic carbocycles. The standard InChI is InChI=1S/C15H15N5O/c16-7-6-12-8-14(10-17-9-12)21-15-18-11-20(19-15)13-4-2-1-3-5-13/h1-5,8-11H,6-7,16H2. The number of aromatic nitrogens is 4. The summed E-state index contributed by atoms with van der Waals surface area (Å²) >= 11 is 0. The lowest BCUT2D eigenvalue weighted by Crippen LogP contribution is -2.03. The Hall–Kier alpha value is -2.73. The van der Waals surface area contributed by atoms with Gasteiger partial charge in [0.05, 0.1) is 11.9 Å². The minimum Gasteiger partial charge on any atom is -0.422 e. The molecule has 0 amide bonds. The lowest BCUT2D eigenvalue weighted by Gasteiger charge is -2.03. The third-order valence-electron chi connectivity index (χ3n) is 2.90. The highest BCUT2D eigenvalue weighted by molar-refractivity contribution is 5.30. The fraction of sp³-hybridized carbons (Fsp3) is 0.133. The molecule has 0 aliphatic carbocycles. The van der Waals surface area contributed by atoms with Crippen LogP contribution in [0.15, 0.2) is 55.1 Å². The molecule has 0 unspecified atom stereocenters. The van der Waals surface area contributed by atoms with Crippen molar-refractivity contribution in [3.05, 3.63) is 60.7 Å². The average molecular weight is 281 g/mol. The second-order valence-corrected chi connectivity index (χ2v) is 4.48. The first-order valence-electron chi connectivity index (χ1n) is 6.64. The van der Waals surface area contributed by atoms with Gasteiger partial charge in [0.2, 0.25) is 0 Å². The number of para-hydroxylation sites is 1. The molecule has 0 atom stereocenters. The van der Waals surface area contributed by atoms with Crippen LogP contribution in [0.5, 0.6) is 11.8 Å². The van der Waals surface area contributed by atoms with E-state index in [1.807, 2.05) is 36.4 Å². The van der Waals surface area contributed by atoms with Crippen LogP contribution < -0.4 is 10.5 Å². The zero-order chi connectivity index (χ0) is 14.5. The van der Waals surface area contributed by atoms with Crippen LogP contribution in [0.2, 0.25) is 0 Å². The van der Waals surface area contributed by atoms with Crippen molar-refractivity contribution in [2.45, 2.75) is 6.42 Å². The van der Waals surface area contributed by atoms with Crippen LogP contribution in [-0.2, 0) is 6.42 Å². The molecule has 0 fully saturated rings. The fourth-order valence-corrected chi connectivity index (χ4v) is 1.93. The Morgan fingerprint density at radius 1 is 1.14 bits per heavy atom. The zero-order valence-corrected chi connectivity index (χ0v) is 11.4. The SMILES string of the molecule is NCCc1cncc(Oc2ncn(-c3ccccc3)n2)c1. The zero-order valence-electron chi connectivity index (χ0n) is 11.4. The van der Waals surface area contributed by atoms with Crippen molar-refractivity contribution in [3.63, 3.8) is 0 Å². The molecule has 6 nitrogen and oxygen atoms in total. The van der Waals surface area contributed by atoms with Gasteiger partial charge in [-0.2, -0.15) is 4.98 Å². The van der Waals surface area contributed by atoms with Crippen molar-refractivity contribution >= 4 is 0 Å². The first-order chi connectivity index (χ1) is 10.3. The van der Waals surface area contributed by atoms with Crippen molar-refractivity contribution in [2.75, 3.05) is 6.54 Å². The van der Waals surface area contributed by atoms with Crippen LogP contribution in [0.4, 0.5) is 0 Å². The summed E-state index contributed by atoms with van der Waals surface area (Å²) in [5.74, 6) is 0.603. The Balaban J connectivity index is 1.77. The largest absolute Gasteiger partial charge is 0.422 e. The minimum atomic E-state index is 0.283. The number of benzene rings is 1. The molecule has 2 aromatic heterocycles. The Bertz CT molecular complexity index is 711. The first-order valence-corrected chi connectivity index (χ1v) is 6.64. The highest BCUT2D eigenvalue weighted by Gasteiger charge is 2.06. The van der Waals surface area contributed by atoms with E-state index < -0.39 is 0 Å². The second kappa shape index (κ2) is 6.15. The fourth-order valence-electron chi connectivity index (χ4n) is 1.93. The third-order valence-corrected chi connectivity index (χ3v) is 2.90. The maximum atomic E-state index is 5.62. The number of nitrogens with two attached hydrogens (primary N) is 1. The molecule has 0 radical (unpaired) electrons. The van der Waals surface area contributed by atoms with Crippen molar-refractivity contribution in [2.24, 2.45) is 5.73 Å². The van der Waals surface area contributed by atoms with E-state index in [4.69, 9.17) is 10.5 Å². The maximum Gasteiger partial charge on any atom is 0.341 e. The number of hydrogen-bond donors (Lipinski definition) is 1. The van der Waals surface area contributed by atoms with Gasteiger partial charge in [0.25, 0.3) is 0 Å². The number of hydrogen-bond acceptors (Lipinski definition) is 5. The van der Waals surface area contributed by atoms with E-state index in [1.54, 1.807) is 23.4 Å². The summed E-state index contributed by atoms with van der Waals surface area (Å²) in [4.78, 5) is 8.26. The predicted octanol–water partition coefficient (Wildman–Crippen LogP) is 1.96. The highest BCUT2D eigenvalue weighted by atomic mass is 16.5. The van der Waals surface area contributed by atoms with Crippen LogP contribution in [0.1, 0.15) is 5.56 Å². The molecule has 2 N–H and O–H groups in total. The summed E-state index contributed by atoms with van der Waals surface area (Å²) in [6.45, 7) is 0.575. The Labute approximate surface area is 122 Å². The summed E-state index contributed by atoms with van der Waals surface area (Å²) in [5.41, 5.74) is 7.49. The highest BCUT2D eigenvalue weighted by Crippen LogP contribution is 2.18. The molecule has 106 valence electrons. The number of ether oxygens (including phenoxy) is 1. The average Bonchev–Trinajstić information content (AvgIpc) is 2.97. The molecule has 2 heterocycles. The van der Waals surface area contributed by atoms with Gasteiger partial charge in [-0.3, -0.25) is 4.98 Å². The van der Waals surface area contributed by atoms with E-state index in [-0.39, 0.29) is 6.01 Å². The van der Waals surface area contributed by atoms with Crippen LogP contribution in [0.25, 0.3) is 5.69 Å². The second-order valence-electron chi connectivity index (χ2n) is 4.48. The molecule has 0 aliphatic rings. The van der Waals surface area contributed by atoms with Crippen LogP contribution >= 0.6 is 0 Å². The molecule has 0 spiro atoms. The molecule has 6 heteroatoms. The van der Waals surface area contributed by atoms with Gasteiger partial charge in [-0.15, -0.1) is 5.10 Å². The molecule has 0 saturated carbocycles. The van der Waals surface area contributed by atoms with Gasteiger partial charge in [0.1, 0.15) is 12.1 Å². The molecule has 0 aliphatic heterocycles. The van der Waals surface area contributed by atoms with Gasteiger partial charge in [0, 0.05) is 6.20 Å². The Kier molecular flexibility index (Phi) is 3.88. The van der Waals surface area contributed by atoms with Crippen molar-refractivity contribution in [1.82, 2.24) is 19.7 Å². The lowest BCUT2D eigenvalue weighted by atomic mass is 10.2. The third kappa shape index (κ3) is 3.24. The van der Waals surface area contributed by atoms with Crippen LogP contribution in [0, 0.1) is 0 Å². The minimum absolute atomic E-state index is 0.283. The molecular weight excluding hydrogens is 266 g/mol. The summed E-state index contributed by atoms with van der Waals surface area (Å²) in [6.07, 6.45) is 5.77. The Morgan fingerprint density at radius 3 is 2.81 bits per heavy atom. The lowest BCUT2D eigenvalue weighted by molar-refractivity contribution is 0.439. The monoisotopic (exact) mass is 281 g/mol. The molecule has 3 aromatic rings. The van der Waals surface area contributed by atoms with E-state index >= 15 is 0 Å². The topological polar surface area (TPSA) is 78.9 Å². The normalized spacial score (nSPS) is 10.5. The summed E-state index contributed by atoms with van der Waals surface area (Å²) in [5, 5.41) is 4.28. The van der Waals surface area contributed by atoms with E-state index in [0.717, 1.165) is 17.7 Å². The molecule has 0 bridgehead atoms. The van der Waals surface area contributed by atoms with Crippen LogP contribution in [0.3, 0.4) is 0 Å². The Morgan fingerprint density at radius 2 is 2.00 bits per heavy atom. The molecule has 0 saturated heterocycles. The van der Waals surface area contributed by atoms with Gasteiger partial charge in [0.15, 0.2) is 0 Å². The van der Waals surface area contributed by atoms with E-state index in [1.165, 1.54) is 0 Å². The van der Waals surface area contributed by atoms with Crippen molar-refractivity contribution < 1.29 is 4.74 Å². The van der Waals surface area contributed by atoms with Crippen molar-refractivity contribution in [1.29, 1.82) is 0 Å². The molecular formula is C15H15N5O. The van der Waals surface area contributed by atoms with Gasteiger partial charge < -0.3 is 10.5 Å². The van der Waals surface area contributed by atoms with Gasteiger partial charge in [-0.05, 0) is 36.7 Å². The number of pyridine rings is 1. The summed E-state index contributed by atoms with van der Waals surface area (Å²) < 4.78 is 7.28.